The summed E-state index contributed by atoms with van der Waals surface area (Å²) < 4.78 is 0. The van der Waals surface area contributed by atoms with Gasteiger partial charge < -0.3 is 0 Å². The van der Waals surface area contributed by atoms with Crippen LogP contribution in [0.25, 0.3) is 0 Å². The van der Waals surface area contributed by atoms with Crippen molar-refractivity contribution in [1.29, 1.82) is 0 Å². The summed E-state index contributed by atoms with van der Waals surface area (Å²) in [6, 6.07) is 33.9. The Labute approximate surface area is 181 Å². The summed E-state index contributed by atoms with van der Waals surface area (Å²) in [7, 11) is -1.87. The van der Waals surface area contributed by atoms with E-state index in [9.17, 15) is 0 Å². The molecule has 0 atom stereocenters. The average molecular weight is 454 g/mol. The highest BCUT2D eigenvalue weighted by atomic mass is 79.9. The predicted molar refractivity (Wildman–Crippen MR) is 131 cm³/mol. The molecular formula is C26H31BrP+. The third-order valence-corrected chi connectivity index (χ3v) is 13.7. The minimum Gasteiger partial charge on any atom is -0.114 e. The predicted octanol–water partition coefficient (Wildman–Crippen LogP) is 6.38. The van der Waals surface area contributed by atoms with Gasteiger partial charge in [0.1, 0.15) is 28.3 Å². The van der Waals surface area contributed by atoms with Crippen LogP contribution in [0.4, 0.5) is 0 Å². The van der Waals surface area contributed by atoms with Gasteiger partial charge >= 0.3 is 0 Å². The molecule has 0 saturated heterocycles. The SMILES string of the molecule is Br.CC1(C)C(C)(C)C1(C)[P+](c1ccccc1)(c1ccccc1)c1ccccc1. The van der Waals surface area contributed by atoms with E-state index >= 15 is 0 Å². The average Bonchev–Trinajstić information content (AvgIpc) is 3.02. The second kappa shape index (κ2) is 7.12. The van der Waals surface area contributed by atoms with Gasteiger partial charge in [0.15, 0.2) is 0 Å². The van der Waals surface area contributed by atoms with Crippen molar-refractivity contribution in [2.24, 2.45) is 10.8 Å². The smallest absolute Gasteiger partial charge is 0.114 e. The Morgan fingerprint density at radius 2 is 0.714 bits per heavy atom. The van der Waals surface area contributed by atoms with Gasteiger partial charge in [0.2, 0.25) is 0 Å². The number of rotatable bonds is 4. The number of halogens is 1. The van der Waals surface area contributed by atoms with Crippen molar-refractivity contribution in [2.45, 2.75) is 39.8 Å². The Balaban J connectivity index is 0.00000225. The maximum atomic E-state index is 2.55. The molecule has 1 fully saturated rings. The zero-order valence-corrected chi connectivity index (χ0v) is 20.1. The molecule has 3 aromatic rings. The van der Waals surface area contributed by atoms with Crippen LogP contribution >= 0.6 is 24.2 Å². The van der Waals surface area contributed by atoms with E-state index in [2.05, 4.69) is 126 Å². The Morgan fingerprint density at radius 3 is 0.929 bits per heavy atom. The van der Waals surface area contributed by atoms with E-state index in [0.29, 0.717) is 0 Å². The Morgan fingerprint density at radius 1 is 0.464 bits per heavy atom. The van der Waals surface area contributed by atoms with Gasteiger partial charge in [-0.05, 0) is 43.3 Å². The molecule has 4 rings (SSSR count). The first-order valence-corrected chi connectivity index (χ1v) is 11.7. The van der Waals surface area contributed by atoms with Crippen LogP contribution in [-0.2, 0) is 0 Å². The lowest BCUT2D eigenvalue weighted by molar-refractivity contribution is 0.457. The van der Waals surface area contributed by atoms with Crippen LogP contribution in [0.5, 0.6) is 0 Å². The number of hydrogen-bond donors (Lipinski definition) is 0. The lowest BCUT2D eigenvalue weighted by atomic mass is 10.0. The molecule has 0 aromatic heterocycles. The maximum Gasteiger partial charge on any atom is 0.118 e. The molecule has 0 heterocycles. The van der Waals surface area contributed by atoms with Crippen LogP contribution < -0.4 is 15.9 Å². The van der Waals surface area contributed by atoms with Crippen LogP contribution in [0.1, 0.15) is 34.6 Å². The fourth-order valence-corrected chi connectivity index (χ4v) is 12.1. The molecule has 0 nitrogen and oxygen atoms in total. The van der Waals surface area contributed by atoms with E-state index in [1.54, 1.807) is 0 Å². The monoisotopic (exact) mass is 453 g/mol. The van der Waals surface area contributed by atoms with Gasteiger partial charge in [-0.15, -0.1) is 17.0 Å². The molecule has 2 heteroatoms. The molecule has 1 aliphatic rings. The molecule has 0 unspecified atom stereocenters. The van der Waals surface area contributed by atoms with E-state index in [-0.39, 0.29) is 33.0 Å². The largest absolute Gasteiger partial charge is 0.118 e. The lowest BCUT2D eigenvalue weighted by Crippen LogP contribution is -2.42. The number of benzene rings is 3. The standard InChI is InChI=1S/C26H30P.BrH/c1-24(2)25(3,4)26(24,5)27(21-15-9-6-10-16-21,22-17-11-7-12-18-22)23-19-13-8-14-20-23;/h6-20H,1-5H3;1H/q+1;. The quantitative estimate of drug-likeness (QED) is 0.401. The summed E-state index contributed by atoms with van der Waals surface area (Å²) in [5, 5.41) is 4.65. The molecule has 0 radical (unpaired) electrons. The van der Waals surface area contributed by atoms with Crippen LogP contribution in [0.15, 0.2) is 91.0 Å². The summed E-state index contributed by atoms with van der Waals surface area (Å²) in [4.78, 5) is 0. The third-order valence-electron chi connectivity index (χ3n) is 8.04. The zero-order chi connectivity index (χ0) is 19.3. The topological polar surface area (TPSA) is 0 Å². The van der Waals surface area contributed by atoms with Crippen LogP contribution in [-0.4, -0.2) is 5.16 Å². The zero-order valence-electron chi connectivity index (χ0n) is 17.5. The number of hydrogen-bond acceptors (Lipinski definition) is 0. The molecule has 0 bridgehead atoms. The Bertz CT molecular complexity index is 819. The highest BCUT2D eigenvalue weighted by Crippen LogP contribution is 2.90. The van der Waals surface area contributed by atoms with Gasteiger partial charge in [-0.2, -0.15) is 0 Å². The highest BCUT2D eigenvalue weighted by molar-refractivity contribution is 8.93. The first-order valence-electron chi connectivity index (χ1n) is 9.88. The normalized spacial score (nSPS) is 18.8. The van der Waals surface area contributed by atoms with Crippen molar-refractivity contribution in [3.05, 3.63) is 91.0 Å². The van der Waals surface area contributed by atoms with Crippen LogP contribution in [0, 0.1) is 10.8 Å². The van der Waals surface area contributed by atoms with E-state index in [1.165, 1.54) is 15.9 Å². The lowest BCUT2D eigenvalue weighted by Gasteiger charge is -2.36. The second-order valence-corrected chi connectivity index (χ2v) is 12.8. The van der Waals surface area contributed by atoms with Crippen molar-refractivity contribution < 1.29 is 0 Å². The molecule has 0 N–H and O–H groups in total. The molecule has 1 aliphatic carbocycles. The van der Waals surface area contributed by atoms with Gasteiger partial charge in [0.05, 0.1) is 0 Å². The van der Waals surface area contributed by atoms with Crippen molar-refractivity contribution in [1.82, 2.24) is 0 Å². The van der Waals surface area contributed by atoms with Crippen molar-refractivity contribution in [3.63, 3.8) is 0 Å². The molecule has 1 saturated carbocycles. The van der Waals surface area contributed by atoms with E-state index in [0.717, 1.165) is 0 Å². The highest BCUT2D eigenvalue weighted by Gasteiger charge is 2.88. The summed E-state index contributed by atoms with van der Waals surface area (Å²) in [6.07, 6.45) is 0. The Kier molecular flexibility index (Phi) is 5.41. The van der Waals surface area contributed by atoms with Crippen LogP contribution in [0.3, 0.4) is 0 Å². The first-order chi connectivity index (χ1) is 12.8. The molecule has 0 aliphatic heterocycles. The molecule has 0 spiro atoms. The van der Waals surface area contributed by atoms with Gasteiger partial charge in [-0.3, -0.25) is 0 Å². The van der Waals surface area contributed by atoms with Crippen molar-refractivity contribution in [3.8, 4) is 0 Å². The minimum atomic E-state index is -1.87. The van der Waals surface area contributed by atoms with E-state index < -0.39 is 7.26 Å². The van der Waals surface area contributed by atoms with E-state index in [1.807, 2.05) is 0 Å². The third kappa shape index (κ3) is 2.45. The van der Waals surface area contributed by atoms with Gasteiger partial charge in [-0.25, -0.2) is 0 Å². The van der Waals surface area contributed by atoms with Crippen molar-refractivity contribution >= 4 is 40.2 Å². The second-order valence-electron chi connectivity index (χ2n) is 9.00. The fraction of sp³-hybridized carbons (Fsp3) is 0.308. The first kappa shape index (κ1) is 21.3. The summed E-state index contributed by atoms with van der Waals surface area (Å²) in [5.74, 6) is 0. The summed E-state index contributed by atoms with van der Waals surface area (Å²) in [6.45, 7) is 12.4. The minimum absolute atomic E-state index is 0. The molecule has 0 amide bonds. The van der Waals surface area contributed by atoms with Crippen LogP contribution in [0.2, 0.25) is 0 Å². The summed E-state index contributed by atoms with van der Waals surface area (Å²) in [5.41, 5.74) is 0.491. The fourth-order valence-electron chi connectivity index (χ4n) is 5.58. The van der Waals surface area contributed by atoms with Crippen molar-refractivity contribution in [2.75, 3.05) is 0 Å². The van der Waals surface area contributed by atoms with Gasteiger partial charge in [-0.1, -0.05) is 82.3 Å². The Hall–Kier alpha value is -1.43. The molecule has 146 valence electrons. The molecular weight excluding hydrogens is 423 g/mol. The molecule has 3 aromatic carbocycles. The summed E-state index contributed by atoms with van der Waals surface area (Å²) >= 11 is 0. The molecule has 28 heavy (non-hydrogen) atoms. The van der Waals surface area contributed by atoms with Gasteiger partial charge in [0, 0.05) is 10.8 Å². The maximum absolute atomic E-state index is 2.55. The van der Waals surface area contributed by atoms with Gasteiger partial charge in [0.25, 0.3) is 0 Å². The van der Waals surface area contributed by atoms with E-state index in [4.69, 9.17) is 0 Å².